The Labute approximate surface area is 94.0 Å². The van der Waals surface area contributed by atoms with Gasteiger partial charge in [-0.2, -0.15) is 0 Å². The normalized spacial score (nSPS) is 41.3. The first-order chi connectivity index (χ1) is 7.33. The molecule has 0 aliphatic heterocycles. The quantitative estimate of drug-likeness (QED) is 0.718. The van der Waals surface area contributed by atoms with Crippen LogP contribution in [0.2, 0.25) is 0 Å². The molecule has 2 aliphatic rings. The molecule has 2 N–H and O–H groups in total. The number of hydrogen-bond donors (Lipinski definition) is 2. The Morgan fingerprint density at radius 1 is 1.50 bits per heavy atom. The third-order valence-electron chi connectivity index (χ3n) is 4.69. The SMILES string of the molecule is C=C1C2CCC(C(=O)O)(C2)C1(C)CC(=O)O. The Bertz CT molecular complexity index is 386. The molecule has 2 aliphatic carbocycles. The summed E-state index contributed by atoms with van der Waals surface area (Å²) in [4.78, 5) is 22.4. The summed E-state index contributed by atoms with van der Waals surface area (Å²) in [5, 5.41) is 18.4. The minimum Gasteiger partial charge on any atom is -0.481 e. The van der Waals surface area contributed by atoms with Gasteiger partial charge < -0.3 is 10.2 Å². The molecule has 0 aromatic rings. The maximum Gasteiger partial charge on any atom is 0.310 e. The van der Waals surface area contributed by atoms with Crippen LogP contribution in [0.25, 0.3) is 0 Å². The molecule has 2 saturated carbocycles. The Balaban J connectivity index is 2.46. The van der Waals surface area contributed by atoms with E-state index in [1.807, 2.05) is 0 Å². The number of carboxylic acid groups (broad SMARTS) is 2. The van der Waals surface area contributed by atoms with E-state index in [0.29, 0.717) is 12.8 Å². The number of hydrogen-bond acceptors (Lipinski definition) is 2. The minimum atomic E-state index is -0.947. The zero-order valence-corrected chi connectivity index (χ0v) is 9.32. The van der Waals surface area contributed by atoms with Crippen LogP contribution in [0.4, 0.5) is 0 Å². The smallest absolute Gasteiger partial charge is 0.310 e. The average Bonchev–Trinajstić information content (AvgIpc) is 2.66. The molecule has 2 fully saturated rings. The van der Waals surface area contributed by atoms with E-state index in [4.69, 9.17) is 5.11 Å². The molecule has 0 amide bonds. The molecule has 4 nitrogen and oxygen atoms in total. The predicted molar refractivity (Wildman–Crippen MR) is 56.9 cm³/mol. The molecule has 4 heteroatoms. The van der Waals surface area contributed by atoms with Crippen molar-refractivity contribution in [3.8, 4) is 0 Å². The van der Waals surface area contributed by atoms with Gasteiger partial charge in [0.1, 0.15) is 0 Å². The molecule has 0 spiro atoms. The fraction of sp³-hybridized carbons (Fsp3) is 0.667. The van der Waals surface area contributed by atoms with Gasteiger partial charge in [0.2, 0.25) is 0 Å². The molecule has 0 heterocycles. The predicted octanol–water partition coefficient (Wildman–Crippen LogP) is 1.91. The molecule has 3 atom stereocenters. The van der Waals surface area contributed by atoms with Gasteiger partial charge in [-0.1, -0.05) is 19.1 Å². The first-order valence-electron chi connectivity index (χ1n) is 5.48. The summed E-state index contributed by atoms with van der Waals surface area (Å²) in [5.41, 5.74) is -0.857. The second kappa shape index (κ2) is 3.09. The monoisotopic (exact) mass is 224 g/mol. The Morgan fingerprint density at radius 3 is 2.62 bits per heavy atom. The molecule has 88 valence electrons. The highest BCUT2D eigenvalue weighted by atomic mass is 16.4. The van der Waals surface area contributed by atoms with Crippen molar-refractivity contribution in [2.75, 3.05) is 0 Å². The molecule has 0 radical (unpaired) electrons. The molecule has 0 aromatic carbocycles. The summed E-state index contributed by atoms with van der Waals surface area (Å²) < 4.78 is 0. The topological polar surface area (TPSA) is 74.6 Å². The van der Waals surface area contributed by atoms with Crippen molar-refractivity contribution in [1.29, 1.82) is 0 Å². The van der Waals surface area contributed by atoms with Gasteiger partial charge in [-0.05, 0) is 25.2 Å². The van der Waals surface area contributed by atoms with Gasteiger partial charge in [-0.25, -0.2) is 0 Å². The standard InChI is InChI=1S/C12H16O4/c1-7-8-3-4-12(5-8,10(15)16)11(7,2)6-9(13)14/h8H,1,3-6H2,2H3,(H,13,14)(H,15,16). The van der Waals surface area contributed by atoms with E-state index in [1.54, 1.807) is 6.92 Å². The number of aliphatic carboxylic acids is 2. The average molecular weight is 224 g/mol. The van der Waals surface area contributed by atoms with Gasteiger partial charge in [-0.15, -0.1) is 0 Å². The lowest BCUT2D eigenvalue weighted by atomic mass is 9.60. The highest BCUT2D eigenvalue weighted by molar-refractivity contribution is 5.81. The van der Waals surface area contributed by atoms with E-state index in [1.165, 1.54) is 0 Å². The molecule has 3 unspecified atom stereocenters. The number of fused-ring (bicyclic) bond motifs is 2. The summed E-state index contributed by atoms with van der Waals surface area (Å²) in [7, 11) is 0. The Hall–Kier alpha value is -1.32. The third kappa shape index (κ3) is 1.10. The maximum absolute atomic E-state index is 11.5. The molecule has 0 saturated heterocycles. The second-order valence-electron chi connectivity index (χ2n) is 5.25. The fourth-order valence-corrected chi connectivity index (χ4v) is 3.62. The van der Waals surface area contributed by atoms with Crippen molar-refractivity contribution < 1.29 is 19.8 Å². The first kappa shape index (κ1) is 11.2. The van der Waals surface area contributed by atoms with Crippen molar-refractivity contribution in [1.82, 2.24) is 0 Å². The second-order valence-corrected chi connectivity index (χ2v) is 5.25. The summed E-state index contributed by atoms with van der Waals surface area (Å²) in [6.45, 7) is 5.69. The van der Waals surface area contributed by atoms with Crippen LogP contribution in [0.5, 0.6) is 0 Å². The lowest BCUT2D eigenvalue weighted by Gasteiger charge is -2.41. The summed E-state index contributed by atoms with van der Waals surface area (Å²) in [5.74, 6) is -1.62. The van der Waals surface area contributed by atoms with E-state index >= 15 is 0 Å². The first-order valence-corrected chi connectivity index (χ1v) is 5.48. The highest BCUT2D eigenvalue weighted by Crippen LogP contribution is 2.67. The fourth-order valence-electron chi connectivity index (χ4n) is 3.62. The van der Waals surface area contributed by atoms with Crippen LogP contribution in [0.3, 0.4) is 0 Å². The van der Waals surface area contributed by atoms with Gasteiger partial charge in [0.05, 0.1) is 11.8 Å². The largest absolute Gasteiger partial charge is 0.481 e. The molecule has 16 heavy (non-hydrogen) atoms. The van der Waals surface area contributed by atoms with Crippen LogP contribution in [-0.4, -0.2) is 22.2 Å². The zero-order valence-electron chi connectivity index (χ0n) is 9.32. The lowest BCUT2D eigenvalue weighted by molar-refractivity contribution is -0.156. The molecule has 0 aromatic heterocycles. The Morgan fingerprint density at radius 2 is 2.12 bits per heavy atom. The van der Waals surface area contributed by atoms with Crippen molar-refractivity contribution in [3.63, 3.8) is 0 Å². The van der Waals surface area contributed by atoms with Gasteiger partial charge in [0.25, 0.3) is 0 Å². The van der Waals surface area contributed by atoms with Crippen LogP contribution < -0.4 is 0 Å². The minimum absolute atomic E-state index is 0.130. The highest BCUT2D eigenvalue weighted by Gasteiger charge is 2.66. The van der Waals surface area contributed by atoms with Crippen LogP contribution >= 0.6 is 0 Å². The van der Waals surface area contributed by atoms with Crippen molar-refractivity contribution in [2.24, 2.45) is 16.7 Å². The van der Waals surface area contributed by atoms with Crippen LogP contribution in [0, 0.1) is 16.7 Å². The molecule has 2 bridgehead atoms. The van der Waals surface area contributed by atoms with Gasteiger partial charge in [0, 0.05) is 5.41 Å². The summed E-state index contributed by atoms with van der Waals surface area (Å²) >= 11 is 0. The van der Waals surface area contributed by atoms with E-state index in [2.05, 4.69) is 6.58 Å². The van der Waals surface area contributed by atoms with Crippen molar-refractivity contribution in [3.05, 3.63) is 12.2 Å². The van der Waals surface area contributed by atoms with E-state index in [0.717, 1.165) is 12.0 Å². The summed E-state index contributed by atoms with van der Waals surface area (Å²) in [6, 6.07) is 0. The maximum atomic E-state index is 11.5. The van der Waals surface area contributed by atoms with E-state index < -0.39 is 22.8 Å². The van der Waals surface area contributed by atoms with Gasteiger partial charge >= 0.3 is 11.9 Å². The molecule has 2 rings (SSSR count). The van der Waals surface area contributed by atoms with Gasteiger partial charge in [0.15, 0.2) is 0 Å². The molecular formula is C12H16O4. The van der Waals surface area contributed by atoms with Crippen molar-refractivity contribution >= 4 is 11.9 Å². The van der Waals surface area contributed by atoms with Crippen molar-refractivity contribution in [2.45, 2.75) is 32.6 Å². The van der Waals surface area contributed by atoms with Crippen LogP contribution in [0.15, 0.2) is 12.2 Å². The van der Waals surface area contributed by atoms with Gasteiger partial charge in [-0.3, -0.25) is 9.59 Å². The number of carbonyl (C=O) groups is 2. The zero-order chi connectivity index (χ0) is 12.1. The number of carboxylic acids is 2. The lowest BCUT2D eigenvalue weighted by Crippen LogP contribution is -2.44. The third-order valence-corrected chi connectivity index (χ3v) is 4.69. The number of allylic oxidation sites excluding steroid dienone is 1. The van der Waals surface area contributed by atoms with E-state index in [-0.39, 0.29) is 12.3 Å². The number of rotatable bonds is 3. The van der Waals surface area contributed by atoms with Crippen LogP contribution in [-0.2, 0) is 9.59 Å². The summed E-state index contributed by atoms with van der Waals surface area (Å²) in [6.07, 6.45) is 1.84. The Kier molecular flexibility index (Phi) is 2.16. The van der Waals surface area contributed by atoms with E-state index in [9.17, 15) is 14.7 Å². The van der Waals surface area contributed by atoms with Crippen LogP contribution in [0.1, 0.15) is 32.6 Å². The molecular weight excluding hydrogens is 208 g/mol.